The monoisotopic (exact) mass is 272 g/mol. The van der Waals surface area contributed by atoms with Crippen molar-refractivity contribution in [3.63, 3.8) is 0 Å². The second-order valence-electron chi connectivity index (χ2n) is 3.65. The summed E-state index contributed by atoms with van der Waals surface area (Å²) in [6, 6.07) is -1.23. The van der Waals surface area contributed by atoms with Crippen molar-refractivity contribution < 1.29 is 29.2 Å². The molecule has 1 aromatic rings. The summed E-state index contributed by atoms with van der Waals surface area (Å²) in [6.45, 7) is 0. The van der Waals surface area contributed by atoms with Gasteiger partial charge < -0.3 is 21.3 Å². The quantitative estimate of drug-likeness (QED) is 0.490. The lowest BCUT2D eigenvalue weighted by atomic mass is 10.1. The minimum atomic E-state index is -1.28. The number of carbonyl (C=O) groups is 3. The van der Waals surface area contributed by atoms with Gasteiger partial charge in [-0.3, -0.25) is 9.59 Å². The highest BCUT2D eigenvalue weighted by Crippen LogP contribution is 2.07. The Morgan fingerprint density at radius 1 is 1.32 bits per heavy atom. The molecule has 0 saturated heterocycles. The topological polar surface area (TPSA) is 169 Å². The van der Waals surface area contributed by atoms with Crippen LogP contribution in [0, 0.1) is 0 Å². The van der Waals surface area contributed by atoms with Gasteiger partial charge >= 0.3 is 11.9 Å². The van der Waals surface area contributed by atoms with Crippen molar-refractivity contribution in [1.82, 2.24) is 15.6 Å². The third-order valence-corrected chi connectivity index (χ3v) is 2.22. The Morgan fingerprint density at radius 3 is 2.47 bits per heavy atom. The average molecular weight is 272 g/mol. The molecule has 0 aliphatic carbocycles. The number of amides is 1. The molecule has 0 fully saturated rings. The van der Waals surface area contributed by atoms with Gasteiger partial charge in [-0.15, -0.1) is 0 Å². The molecule has 10 nitrogen and oxygen atoms in total. The lowest BCUT2D eigenvalue weighted by Gasteiger charge is -2.12. The number of hydrogen-bond donors (Lipinski definition) is 4. The SMILES string of the molecule is Nc1nonc1C(=O)N[C@H](CCCC(=O)O)C(=O)O. The van der Waals surface area contributed by atoms with Gasteiger partial charge in [0.1, 0.15) is 6.04 Å². The molecule has 0 aliphatic heterocycles. The van der Waals surface area contributed by atoms with Gasteiger partial charge in [0, 0.05) is 6.42 Å². The Morgan fingerprint density at radius 2 is 2.00 bits per heavy atom. The molecular weight excluding hydrogens is 260 g/mol. The number of carboxylic acid groups (broad SMARTS) is 2. The highest BCUT2D eigenvalue weighted by Gasteiger charge is 2.24. The summed E-state index contributed by atoms with van der Waals surface area (Å²) in [6.07, 6.45) is -0.106. The molecule has 0 saturated carbocycles. The van der Waals surface area contributed by atoms with Crippen molar-refractivity contribution in [3.05, 3.63) is 5.69 Å². The zero-order valence-corrected chi connectivity index (χ0v) is 9.70. The molecule has 5 N–H and O–H groups in total. The third kappa shape index (κ3) is 4.26. The van der Waals surface area contributed by atoms with Crippen molar-refractivity contribution in [2.45, 2.75) is 25.3 Å². The van der Waals surface area contributed by atoms with E-state index in [0.717, 1.165) is 0 Å². The zero-order chi connectivity index (χ0) is 14.4. The number of aliphatic carboxylic acids is 2. The number of nitrogens with one attached hydrogen (secondary N) is 1. The highest BCUT2D eigenvalue weighted by atomic mass is 16.6. The van der Waals surface area contributed by atoms with Gasteiger partial charge in [-0.25, -0.2) is 9.42 Å². The molecule has 0 aromatic carbocycles. The Kier molecular flexibility index (Phi) is 4.80. The van der Waals surface area contributed by atoms with E-state index in [9.17, 15) is 14.4 Å². The number of nitrogens with two attached hydrogens (primary N) is 1. The van der Waals surface area contributed by atoms with Crippen molar-refractivity contribution in [2.24, 2.45) is 0 Å². The first-order chi connectivity index (χ1) is 8.91. The summed E-state index contributed by atoms with van der Waals surface area (Å²) in [5, 5.41) is 25.9. The number of carboxylic acids is 2. The first-order valence-electron chi connectivity index (χ1n) is 5.25. The number of aromatic nitrogens is 2. The second-order valence-corrected chi connectivity index (χ2v) is 3.65. The zero-order valence-electron chi connectivity index (χ0n) is 9.70. The molecule has 0 spiro atoms. The first-order valence-corrected chi connectivity index (χ1v) is 5.25. The van der Waals surface area contributed by atoms with E-state index >= 15 is 0 Å². The summed E-state index contributed by atoms with van der Waals surface area (Å²) in [4.78, 5) is 32.8. The van der Waals surface area contributed by atoms with Gasteiger partial charge in [-0.1, -0.05) is 0 Å². The van der Waals surface area contributed by atoms with Crippen LogP contribution in [0.2, 0.25) is 0 Å². The minimum absolute atomic E-state index is 0.0292. The number of rotatable bonds is 7. The van der Waals surface area contributed by atoms with Crippen molar-refractivity contribution in [1.29, 1.82) is 0 Å². The molecule has 19 heavy (non-hydrogen) atoms. The maximum absolute atomic E-state index is 11.6. The van der Waals surface area contributed by atoms with Crippen LogP contribution < -0.4 is 11.1 Å². The molecule has 1 rings (SSSR count). The molecule has 104 valence electrons. The van der Waals surface area contributed by atoms with E-state index in [2.05, 4.69) is 20.3 Å². The van der Waals surface area contributed by atoms with Crippen molar-refractivity contribution >= 4 is 23.7 Å². The number of hydrogen-bond acceptors (Lipinski definition) is 7. The third-order valence-electron chi connectivity index (χ3n) is 2.22. The molecule has 0 aliphatic rings. The largest absolute Gasteiger partial charge is 0.481 e. The maximum Gasteiger partial charge on any atom is 0.326 e. The Hall–Kier alpha value is -2.65. The predicted octanol–water partition coefficient (Wildman–Crippen LogP) is -0.910. The van der Waals surface area contributed by atoms with Gasteiger partial charge in [-0.05, 0) is 23.2 Å². The Labute approximate surface area is 106 Å². The fourth-order valence-electron chi connectivity index (χ4n) is 1.29. The van der Waals surface area contributed by atoms with Gasteiger partial charge in [0.25, 0.3) is 5.91 Å². The number of anilines is 1. The molecule has 1 atom stereocenters. The molecule has 10 heteroatoms. The van der Waals surface area contributed by atoms with Crippen molar-refractivity contribution in [2.75, 3.05) is 5.73 Å². The van der Waals surface area contributed by atoms with Crippen molar-refractivity contribution in [3.8, 4) is 0 Å². The van der Waals surface area contributed by atoms with Crippen LogP contribution in [0.3, 0.4) is 0 Å². The smallest absolute Gasteiger partial charge is 0.326 e. The van der Waals surface area contributed by atoms with Crippen LogP contribution in [0.1, 0.15) is 29.8 Å². The first kappa shape index (κ1) is 14.4. The van der Waals surface area contributed by atoms with E-state index in [1.165, 1.54) is 0 Å². The van der Waals surface area contributed by atoms with E-state index in [0.29, 0.717) is 0 Å². The molecule has 1 heterocycles. The molecule has 1 amide bonds. The average Bonchev–Trinajstić information content (AvgIpc) is 2.73. The fraction of sp³-hybridized carbons (Fsp3) is 0.444. The summed E-state index contributed by atoms with van der Waals surface area (Å²) < 4.78 is 4.21. The lowest BCUT2D eigenvalue weighted by molar-refractivity contribution is -0.140. The highest BCUT2D eigenvalue weighted by molar-refractivity contribution is 5.98. The van der Waals surface area contributed by atoms with Gasteiger partial charge in [-0.2, -0.15) is 0 Å². The molecule has 0 bridgehead atoms. The number of nitrogen functional groups attached to an aromatic ring is 1. The Balaban J connectivity index is 2.59. The van der Waals surface area contributed by atoms with Crippen LogP contribution in [0.25, 0.3) is 0 Å². The Bertz CT molecular complexity index is 485. The maximum atomic E-state index is 11.6. The molecule has 0 unspecified atom stereocenters. The van der Waals surface area contributed by atoms with Gasteiger partial charge in [0.05, 0.1) is 0 Å². The van der Waals surface area contributed by atoms with E-state index in [1.807, 2.05) is 0 Å². The van der Waals surface area contributed by atoms with Gasteiger partial charge in [0.15, 0.2) is 0 Å². The van der Waals surface area contributed by atoms with Crippen LogP contribution in [0.5, 0.6) is 0 Å². The molecule has 1 aromatic heterocycles. The molecule has 0 radical (unpaired) electrons. The van der Waals surface area contributed by atoms with E-state index in [4.69, 9.17) is 15.9 Å². The standard InChI is InChI=1S/C9H12N4O6/c10-7-6(12-19-13-7)8(16)11-4(9(17)18)2-1-3-5(14)15/h4H,1-3H2,(H2,10,13)(H,11,16)(H,14,15)(H,17,18)/t4-/m1/s1. The van der Waals surface area contributed by atoms with E-state index in [-0.39, 0.29) is 30.8 Å². The normalized spacial score (nSPS) is 11.8. The van der Waals surface area contributed by atoms with Crippen LogP contribution in [-0.2, 0) is 9.59 Å². The number of carbonyl (C=O) groups excluding carboxylic acids is 1. The summed E-state index contributed by atoms with van der Waals surface area (Å²) in [7, 11) is 0. The predicted molar refractivity (Wildman–Crippen MR) is 59.1 cm³/mol. The van der Waals surface area contributed by atoms with Crippen LogP contribution >= 0.6 is 0 Å². The minimum Gasteiger partial charge on any atom is -0.481 e. The van der Waals surface area contributed by atoms with Crippen LogP contribution in [0.15, 0.2) is 4.63 Å². The summed E-state index contributed by atoms with van der Waals surface area (Å²) >= 11 is 0. The second kappa shape index (κ2) is 6.33. The van der Waals surface area contributed by atoms with E-state index in [1.54, 1.807) is 0 Å². The fourth-order valence-corrected chi connectivity index (χ4v) is 1.29. The van der Waals surface area contributed by atoms with Gasteiger partial charge in [0.2, 0.25) is 11.5 Å². The molecular formula is C9H12N4O6. The van der Waals surface area contributed by atoms with Crippen LogP contribution in [0.4, 0.5) is 5.82 Å². The number of nitrogens with zero attached hydrogens (tertiary/aromatic N) is 2. The summed E-state index contributed by atoms with van der Waals surface area (Å²) in [5.74, 6) is -3.43. The van der Waals surface area contributed by atoms with Crippen LogP contribution in [-0.4, -0.2) is 44.4 Å². The lowest BCUT2D eigenvalue weighted by Crippen LogP contribution is -2.41. The summed E-state index contributed by atoms with van der Waals surface area (Å²) in [5.41, 5.74) is 4.96. The van der Waals surface area contributed by atoms with E-state index < -0.39 is 23.9 Å².